The topological polar surface area (TPSA) is 127 Å². The van der Waals surface area contributed by atoms with Gasteiger partial charge in [-0.25, -0.2) is 4.79 Å². The number of pyridine rings is 1. The SMILES string of the molecule is CCc1c(CN2C(=O)CN(C)C2=O)cccc1Nc1c(CC(N)=O)cnc2cc(OC)c(OC)cc12. The molecule has 0 aliphatic carbocycles. The van der Waals surface area contributed by atoms with Crippen molar-refractivity contribution in [1.29, 1.82) is 0 Å². The molecule has 36 heavy (non-hydrogen) atoms. The minimum absolute atomic E-state index is 0.0100. The number of hydrogen-bond acceptors (Lipinski definition) is 7. The number of carbonyl (C=O) groups excluding carboxylic acids is 3. The lowest BCUT2D eigenvalue weighted by Gasteiger charge is -2.21. The van der Waals surface area contributed by atoms with Crippen molar-refractivity contribution in [2.24, 2.45) is 5.73 Å². The first-order valence-electron chi connectivity index (χ1n) is 11.5. The van der Waals surface area contributed by atoms with Crippen LogP contribution in [0.5, 0.6) is 11.5 Å². The van der Waals surface area contributed by atoms with Crippen molar-refractivity contribution in [3.63, 3.8) is 0 Å². The fraction of sp³-hybridized carbons (Fsp3) is 0.308. The molecule has 10 heteroatoms. The van der Waals surface area contributed by atoms with Crippen LogP contribution in [0, 0.1) is 0 Å². The third-order valence-corrected chi connectivity index (χ3v) is 6.26. The highest BCUT2D eigenvalue weighted by molar-refractivity contribution is 6.02. The summed E-state index contributed by atoms with van der Waals surface area (Å²) in [6, 6.07) is 8.96. The van der Waals surface area contributed by atoms with Gasteiger partial charge in [0.2, 0.25) is 5.91 Å². The van der Waals surface area contributed by atoms with E-state index in [1.165, 1.54) is 9.80 Å². The van der Waals surface area contributed by atoms with Crippen LogP contribution in [0.3, 0.4) is 0 Å². The minimum atomic E-state index is -0.487. The first kappa shape index (κ1) is 24.8. The molecular weight excluding hydrogens is 462 g/mol. The van der Waals surface area contributed by atoms with Gasteiger partial charge in [-0.05, 0) is 29.7 Å². The number of anilines is 2. The van der Waals surface area contributed by atoms with Crippen LogP contribution >= 0.6 is 0 Å². The van der Waals surface area contributed by atoms with E-state index in [0.29, 0.717) is 34.7 Å². The fourth-order valence-electron chi connectivity index (χ4n) is 4.48. The second-order valence-electron chi connectivity index (χ2n) is 8.57. The minimum Gasteiger partial charge on any atom is -0.493 e. The molecule has 4 rings (SSSR count). The Morgan fingerprint density at radius 3 is 2.47 bits per heavy atom. The molecule has 1 saturated heterocycles. The van der Waals surface area contributed by atoms with E-state index in [4.69, 9.17) is 15.2 Å². The van der Waals surface area contributed by atoms with Crippen molar-refractivity contribution in [3.05, 3.63) is 53.2 Å². The molecular formula is C26H29N5O5. The standard InChI is InChI=1S/C26H29N5O5/c1-5-17-15(13-31-24(33)14-30(2)26(31)34)7-6-8-19(17)29-25-16(9-23(27)32)12-28-20-11-22(36-4)21(35-3)10-18(20)25/h6-8,10-12H,5,9,13-14H2,1-4H3,(H2,27,32)(H,28,29). The van der Waals surface area contributed by atoms with Gasteiger partial charge in [0, 0.05) is 35.9 Å². The smallest absolute Gasteiger partial charge is 0.327 e. The number of amides is 4. The van der Waals surface area contributed by atoms with Crippen molar-refractivity contribution in [3.8, 4) is 11.5 Å². The summed E-state index contributed by atoms with van der Waals surface area (Å²) >= 11 is 0. The number of ether oxygens (including phenoxy) is 2. The number of nitrogens with zero attached hydrogens (tertiary/aromatic N) is 3. The zero-order chi connectivity index (χ0) is 26.0. The van der Waals surface area contributed by atoms with Gasteiger partial charge < -0.3 is 25.4 Å². The Morgan fingerprint density at radius 2 is 1.86 bits per heavy atom. The number of fused-ring (bicyclic) bond motifs is 1. The summed E-state index contributed by atoms with van der Waals surface area (Å²) in [7, 11) is 4.71. The van der Waals surface area contributed by atoms with Gasteiger partial charge in [-0.2, -0.15) is 0 Å². The van der Waals surface area contributed by atoms with E-state index in [1.807, 2.05) is 25.1 Å². The van der Waals surface area contributed by atoms with Crippen molar-refractivity contribution in [2.75, 3.05) is 33.1 Å². The lowest BCUT2D eigenvalue weighted by molar-refractivity contribution is -0.125. The number of hydrogen-bond donors (Lipinski definition) is 2. The highest BCUT2D eigenvalue weighted by atomic mass is 16.5. The van der Waals surface area contributed by atoms with Crippen LogP contribution in [0.25, 0.3) is 10.9 Å². The molecule has 1 aromatic heterocycles. The van der Waals surface area contributed by atoms with E-state index < -0.39 is 5.91 Å². The van der Waals surface area contributed by atoms with Crippen molar-refractivity contribution < 1.29 is 23.9 Å². The highest BCUT2D eigenvalue weighted by Gasteiger charge is 2.33. The predicted molar refractivity (Wildman–Crippen MR) is 135 cm³/mol. The Hall–Kier alpha value is -4.34. The van der Waals surface area contributed by atoms with Gasteiger partial charge in [-0.3, -0.25) is 19.5 Å². The first-order chi connectivity index (χ1) is 17.3. The van der Waals surface area contributed by atoms with Crippen LogP contribution in [-0.4, -0.2) is 60.4 Å². The zero-order valence-electron chi connectivity index (χ0n) is 20.8. The van der Waals surface area contributed by atoms with E-state index in [2.05, 4.69) is 10.3 Å². The van der Waals surface area contributed by atoms with E-state index in [1.54, 1.807) is 39.6 Å². The molecule has 1 aliphatic heterocycles. The van der Waals surface area contributed by atoms with E-state index in [-0.39, 0.29) is 31.4 Å². The Bertz CT molecular complexity index is 1360. The quantitative estimate of drug-likeness (QED) is 0.441. The number of nitrogens with one attached hydrogen (secondary N) is 1. The number of rotatable bonds is 9. The number of aromatic nitrogens is 1. The van der Waals surface area contributed by atoms with E-state index in [0.717, 1.165) is 22.2 Å². The van der Waals surface area contributed by atoms with Crippen LogP contribution in [0.15, 0.2) is 36.5 Å². The Balaban J connectivity index is 1.81. The number of urea groups is 1. The third kappa shape index (κ3) is 4.61. The predicted octanol–water partition coefficient (Wildman–Crippen LogP) is 2.98. The number of methoxy groups -OCH3 is 2. The number of primary amides is 1. The number of benzene rings is 2. The average molecular weight is 492 g/mol. The monoisotopic (exact) mass is 491 g/mol. The molecule has 1 aliphatic rings. The van der Waals surface area contributed by atoms with Gasteiger partial charge in [0.25, 0.3) is 5.91 Å². The van der Waals surface area contributed by atoms with Crippen LogP contribution in [-0.2, 0) is 29.0 Å². The van der Waals surface area contributed by atoms with E-state index >= 15 is 0 Å². The van der Waals surface area contributed by atoms with Crippen molar-refractivity contribution in [2.45, 2.75) is 26.3 Å². The first-order valence-corrected chi connectivity index (χ1v) is 11.5. The molecule has 0 atom stereocenters. The molecule has 10 nitrogen and oxygen atoms in total. The Labute approximate surface area is 209 Å². The lowest BCUT2D eigenvalue weighted by atomic mass is 10.0. The third-order valence-electron chi connectivity index (χ3n) is 6.26. The number of nitrogens with two attached hydrogens (primary N) is 1. The second kappa shape index (κ2) is 10.1. The summed E-state index contributed by atoms with van der Waals surface area (Å²) in [5.74, 6) is 0.338. The summed E-state index contributed by atoms with van der Waals surface area (Å²) in [6.45, 7) is 2.26. The zero-order valence-corrected chi connectivity index (χ0v) is 20.8. The van der Waals surface area contributed by atoms with Gasteiger partial charge >= 0.3 is 6.03 Å². The molecule has 3 N–H and O–H groups in total. The van der Waals surface area contributed by atoms with Gasteiger partial charge in [0.1, 0.15) is 6.54 Å². The maximum atomic E-state index is 12.4. The normalized spacial score (nSPS) is 13.4. The van der Waals surface area contributed by atoms with Crippen molar-refractivity contribution in [1.82, 2.24) is 14.8 Å². The largest absolute Gasteiger partial charge is 0.493 e. The molecule has 0 unspecified atom stereocenters. The molecule has 0 bridgehead atoms. The summed E-state index contributed by atoms with van der Waals surface area (Å²) in [6.07, 6.45) is 2.26. The highest BCUT2D eigenvalue weighted by Crippen LogP contribution is 2.38. The van der Waals surface area contributed by atoms with Crippen LogP contribution in [0.1, 0.15) is 23.6 Å². The molecule has 1 fully saturated rings. The number of carbonyl (C=O) groups is 3. The van der Waals surface area contributed by atoms with Crippen LogP contribution < -0.4 is 20.5 Å². The fourth-order valence-corrected chi connectivity index (χ4v) is 4.48. The molecule has 0 saturated carbocycles. The molecule has 188 valence electrons. The molecule has 0 spiro atoms. The molecule has 0 radical (unpaired) electrons. The van der Waals surface area contributed by atoms with Gasteiger partial charge in [0.05, 0.1) is 38.4 Å². The summed E-state index contributed by atoms with van der Waals surface area (Å²) < 4.78 is 10.9. The molecule has 2 aromatic carbocycles. The number of imide groups is 1. The summed E-state index contributed by atoms with van der Waals surface area (Å²) in [5, 5.41) is 4.21. The maximum Gasteiger partial charge on any atom is 0.327 e. The second-order valence-corrected chi connectivity index (χ2v) is 8.57. The summed E-state index contributed by atoms with van der Waals surface area (Å²) in [5.41, 5.74) is 10.1. The maximum absolute atomic E-state index is 12.4. The average Bonchev–Trinajstić information content (AvgIpc) is 3.10. The molecule has 2 heterocycles. The van der Waals surface area contributed by atoms with E-state index in [9.17, 15) is 14.4 Å². The van der Waals surface area contributed by atoms with Crippen LogP contribution in [0.4, 0.5) is 16.2 Å². The summed E-state index contributed by atoms with van der Waals surface area (Å²) in [4.78, 5) is 43.8. The van der Waals surface area contributed by atoms with Gasteiger partial charge in [-0.15, -0.1) is 0 Å². The van der Waals surface area contributed by atoms with Crippen LogP contribution in [0.2, 0.25) is 0 Å². The lowest BCUT2D eigenvalue weighted by Crippen LogP contribution is -2.31. The number of likely N-dealkylation sites (N-methyl/N-ethyl adjacent to an activating group) is 1. The van der Waals surface area contributed by atoms with Gasteiger partial charge in [0.15, 0.2) is 11.5 Å². The Morgan fingerprint density at radius 1 is 1.14 bits per heavy atom. The van der Waals surface area contributed by atoms with Crippen molar-refractivity contribution >= 4 is 40.1 Å². The Kier molecular flexibility index (Phi) is 6.96. The molecule has 4 amide bonds. The van der Waals surface area contributed by atoms with Gasteiger partial charge in [-0.1, -0.05) is 19.1 Å². The molecule has 3 aromatic rings.